The van der Waals surface area contributed by atoms with Crippen LogP contribution in [0, 0.1) is 0 Å². The molecule has 4 aromatic rings. The van der Waals surface area contributed by atoms with Gasteiger partial charge in [0.15, 0.2) is 0 Å². The van der Waals surface area contributed by atoms with Crippen LogP contribution in [0.5, 0.6) is 0 Å². The first kappa shape index (κ1) is 21.9. The van der Waals surface area contributed by atoms with E-state index in [4.69, 9.17) is 2.74 Å². The first-order valence-corrected chi connectivity index (χ1v) is 13.0. The number of fused-ring (bicyclic) bond motifs is 3. The Bertz CT molecular complexity index is 1480. The summed E-state index contributed by atoms with van der Waals surface area (Å²) in [5.41, 5.74) is 11.0. The molecule has 0 saturated heterocycles. The summed E-state index contributed by atoms with van der Waals surface area (Å²) in [5.74, 6) is 0. The Hall–Kier alpha value is -3.32. The van der Waals surface area contributed by atoms with Gasteiger partial charge in [-0.1, -0.05) is 107 Å². The molecular formula is C35H39N. The van der Waals surface area contributed by atoms with Crippen LogP contribution >= 0.6 is 0 Å². The monoisotopic (exact) mass is 475 g/mol. The highest BCUT2D eigenvalue weighted by atomic mass is 15.2. The predicted octanol–water partition coefficient (Wildman–Crippen LogP) is 9.72. The minimum absolute atomic E-state index is 0.122. The minimum atomic E-state index is -0.424. The Morgan fingerprint density at radius 2 is 1.39 bits per heavy atom. The molecule has 0 radical (unpaired) electrons. The molecule has 0 saturated carbocycles. The zero-order valence-corrected chi connectivity index (χ0v) is 22.7. The van der Waals surface area contributed by atoms with Crippen LogP contribution in [0.4, 0.5) is 11.4 Å². The van der Waals surface area contributed by atoms with E-state index >= 15 is 0 Å². The number of nitrogens with zero attached hydrogens (tertiary/aromatic N) is 1. The molecule has 1 nitrogen and oxygen atoms in total. The number of aryl methyl sites for hydroxylation is 1. The summed E-state index contributed by atoms with van der Waals surface area (Å²) in [6.45, 7) is 15.2. The van der Waals surface area contributed by atoms with Gasteiger partial charge in [-0.05, 0) is 78.6 Å². The summed E-state index contributed by atoms with van der Waals surface area (Å²) in [4.78, 5) is 2.41. The molecule has 0 amide bonds. The topological polar surface area (TPSA) is 3.24 Å². The molecular weight excluding hydrogens is 434 g/mol. The van der Waals surface area contributed by atoms with Crippen molar-refractivity contribution < 1.29 is 2.74 Å². The summed E-state index contributed by atoms with van der Waals surface area (Å²) in [6.07, 6.45) is -0.822. The van der Waals surface area contributed by atoms with Crippen LogP contribution in [-0.2, 0) is 18.2 Å². The highest BCUT2D eigenvalue weighted by Crippen LogP contribution is 2.53. The lowest BCUT2D eigenvalue weighted by atomic mass is 9.81. The molecule has 2 atom stereocenters. The fraction of sp³-hybridized carbons (Fsp3) is 0.314. The van der Waals surface area contributed by atoms with Crippen LogP contribution in [0.2, 0.25) is 0 Å². The Balaban J connectivity index is 1.89. The van der Waals surface area contributed by atoms with E-state index in [9.17, 15) is 0 Å². The predicted molar refractivity (Wildman–Crippen MR) is 157 cm³/mol. The molecule has 1 heteroatoms. The number of para-hydroxylation sites is 1. The summed E-state index contributed by atoms with van der Waals surface area (Å²) in [7, 11) is 0. The third kappa shape index (κ3) is 3.77. The quantitative estimate of drug-likeness (QED) is 0.278. The molecule has 0 fully saturated rings. The Kier molecular flexibility index (Phi) is 5.46. The zero-order chi connectivity index (χ0) is 27.4. The van der Waals surface area contributed by atoms with Crippen molar-refractivity contribution in [1.29, 1.82) is 0 Å². The third-order valence-corrected chi connectivity index (χ3v) is 7.65. The van der Waals surface area contributed by atoms with Gasteiger partial charge in [0, 0.05) is 24.9 Å². The van der Waals surface area contributed by atoms with E-state index in [-0.39, 0.29) is 11.0 Å². The highest BCUT2D eigenvalue weighted by Gasteiger charge is 2.38. The van der Waals surface area contributed by atoms with E-state index in [0.717, 1.165) is 33.6 Å². The number of rotatable bonds is 5. The second kappa shape index (κ2) is 8.96. The fourth-order valence-corrected chi connectivity index (χ4v) is 6.01. The van der Waals surface area contributed by atoms with Gasteiger partial charge in [0.25, 0.3) is 0 Å². The van der Waals surface area contributed by atoms with E-state index < -0.39 is 12.8 Å². The van der Waals surface area contributed by atoms with Gasteiger partial charge in [0.1, 0.15) is 0 Å². The summed E-state index contributed by atoms with van der Waals surface area (Å²) in [5, 5.41) is 0. The van der Waals surface area contributed by atoms with Crippen molar-refractivity contribution in [3.05, 3.63) is 107 Å². The maximum absolute atomic E-state index is 9.15. The molecule has 0 heterocycles. The van der Waals surface area contributed by atoms with Gasteiger partial charge in [-0.25, -0.2) is 0 Å². The maximum Gasteiger partial charge on any atom is 0.0527 e. The van der Waals surface area contributed by atoms with Crippen LogP contribution in [0.3, 0.4) is 0 Å². The van der Waals surface area contributed by atoms with Crippen molar-refractivity contribution in [1.82, 2.24) is 0 Å². The summed E-state index contributed by atoms with van der Waals surface area (Å²) < 4.78 is 18.0. The van der Waals surface area contributed by atoms with Crippen molar-refractivity contribution in [3.8, 4) is 22.3 Å². The summed E-state index contributed by atoms with van der Waals surface area (Å²) in [6, 6.07) is 30.0. The number of hydrogen-bond acceptors (Lipinski definition) is 1. The lowest BCUT2D eigenvalue weighted by Gasteiger charge is -2.42. The van der Waals surface area contributed by atoms with Crippen molar-refractivity contribution in [2.75, 3.05) is 4.90 Å². The number of hydrogen-bond donors (Lipinski definition) is 0. The molecule has 0 aromatic heterocycles. The first-order chi connectivity index (χ1) is 17.9. The SMILES string of the molecule is [2H]C(C)c1cccc(-c2ccccc2)c1N(c1ccc2c(c1C([2H])C)-c1ccccc1C2(C)C)C(C)(C)C. The molecule has 0 N–H and O–H groups in total. The molecule has 0 bridgehead atoms. The average Bonchev–Trinajstić information content (AvgIpc) is 3.10. The molecule has 5 rings (SSSR count). The molecule has 184 valence electrons. The molecule has 4 aromatic carbocycles. The minimum Gasteiger partial charge on any atom is -0.335 e. The van der Waals surface area contributed by atoms with Crippen molar-refractivity contribution in [3.63, 3.8) is 0 Å². The van der Waals surface area contributed by atoms with E-state index in [1.165, 1.54) is 22.3 Å². The normalized spacial score (nSPS) is 16.4. The van der Waals surface area contributed by atoms with Crippen LogP contribution < -0.4 is 4.90 Å². The van der Waals surface area contributed by atoms with E-state index in [1.807, 2.05) is 19.9 Å². The van der Waals surface area contributed by atoms with Gasteiger partial charge < -0.3 is 4.90 Å². The van der Waals surface area contributed by atoms with Gasteiger partial charge >= 0.3 is 0 Å². The van der Waals surface area contributed by atoms with Gasteiger partial charge in [0.2, 0.25) is 0 Å². The molecule has 1 aliphatic rings. The lowest BCUT2D eigenvalue weighted by molar-refractivity contribution is 0.557. The fourth-order valence-electron chi connectivity index (χ4n) is 6.01. The van der Waals surface area contributed by atoms with Crippen LogP contribution in [-0.4, -0.2) is 5.54 Å². The summed E-state index contributed by atoms with van der Waals surface area (Å²) >= 11 is 0. The number of benzene rings is 4. The Morgan fingerprint density at radius 3 is 2.06 bits per heavy atom. The van der Waals surface area contributed by atoms with Gasteiger partial charge in [0.05, 0.1) is 5.69 Å². The second-order valence-electron chi connectivity index (χ2n) is 11.3. The molecule has 0 aliphatic heterocycles. The van der Waals surface area contributed by atoms with E-state index in [1.54, 1.807) is 0 Å². The molecule has 36 heavy (non-hydrogen) atoms. The molecule has 0 spiro atoms. The smallest absolute Gasteiger partial charge is 0.0527 e. The van der Waals surface area contributed by atoms with Crippen molar-refractivity contribution in [2.24, 2.45) is 0 Å². The van der Waals surface area contributed by atoms with Crippen molar-refractivity contribution in [2.45, 2.75) is 72.2 Å². The highest BCUT2D eigenvalue weighted by molar-refractivity contribution is 5.91. The van der Waals surface area contributed by atoms with Crippen LogP contribution in [0.1, 0.15) is 73.5 Å². The van der Waals surface area contributed by atoms with Gasteiger partial charge in [-0.2, -0.15) is 0 Å². The largest absolute Gasteiger partial charge is 0.335 e. The zero-order valence-electron chi connectivity index (χ0n) is 24.7. The first-order valence-electron chi connectivity index (χ1n) is 14.2. The maximum atomic E-state index is 9.15. The van der Waals surface area contributed by atoms with Gasteiger partial charge in [-0.15, -0.1) is 0 Å². The van der Waals surface area contributed by atoms with Crippen LogP contribution in [0.15, 0.2) is 84.9 Å². The van der Waals surface area contributed by atoms with Crippen LogP contribution in [0.25, 0.3) is 22.3 Å². The lowest BCUT2D eigenvalue weighted by Crippen LogP contribution is -2.39. The number of anilines is 2. The Labute approximate surface area is 220 Å². The Morgan fingerprint density at radius 1 is 0.722 bits per heavy atom. The van der Waals surface area contributed by atoms with Crippen molar-refractivity contribution >= 4 is 11.4 Å². The standard InChI is InChI=1S/C35H39N/c1-8-24-18-15-20-27(25-16-11-10-12-17-25)33(24)36(34(3,4)5)31-23-22-30-32(26(31)9-2)28-19-13-14-21-29(28)35(30,6)7/h10-23H,8-9H2,1-7H3/i8D,9D. The van der Waals surface area contributed by atoms with Gasteiger partial charge in [-0.3, -0.25) is 0 Å². The van der Waals surface area contributed by atoms with E-state index in [0.29, 0.717) is 0 Å². The molecule has 2 unspecified atom stereocenters. The molecule has 1 aliphatic carbocycles. The average molecular weight is 476 g/mol. The second-order valence-corrected chi connectivity index (χ2v) is 11.3. The van der Waals surface area contributed by atoms with E-state index in [2.05, 4.69) is 118 Å². The third-order valence-electron chi connectivity index (χ3n) is 7.65.